The lowest BCUT2D eigenvalue weighted by Crippen LogP contribution is -2.06. The predicted octanol–water partition coefficient (Wildman–Crippen LogP) is 5.98. The second kappa shape index (κ2) is 8.70. The minimum Gasteiger partial charge on any atom is -0.492 e. The van der Waals surface area contributed by atoms with Gasteiger partial charge in [-0.25, -0.2) is 0 Å². The molecule has 0 aliphatic carbocycles. The van der Waals surface area contributed by atoms with Crippen molar-refractivity contribution in [2.45, 2.75) is 13.1 Å². The Labute approximate surface area is 168 Å². The molecule has 2 aromatic carbocycles. The molecule has 0 spiro atoms. The van der Waals surface area contributed by atoms with Gasteiger partial charge in [-0.3, -0.25) is 15.5 Å². The molecule has 0 radical (unpaired) electrons. The van der Waals surface area contributed by atoms with Gasteiger partial charge in [0.25, 0.3) is 5.69 Å². The number of hydrazone groups is 1. The van der Waals surface area contributed by atoms with Crippen LogP contribution in [-0.4, -0.2) is 17.7 Å². The number of nitrogens with zero attached hydrogens (tertiary/aromatic N) is 2. The van der Waals surface area contributed by atoms with E-state index in [1.807, 2.05) is 6.92 Å². The first kappa shape index (κ1) is 21.2. The molecule has 0 atom stereocenters. The van der Waals surface area contributed by atoms with E-state index in [0.717, 1.165) is 12.1 Å². The fourth-order valence-electron chi connectivity index (χ4n) is 2.07. The fraction of sp³-hybridized carbons (Fsp3) is 0.188. The number of benzene rings is 2. The van der Waals surface area contributed by atoms with E-state index in [1.165, 1.54) is 6.21 Å². The van der Waals surface area contributed by atoms with Gasteiger partial charge in [0.2, 0.25) is 0 Å². The van der Waals surface area contributed by atoms with Crippen LogP contribution in [0.5, 0.6) is 5.75 Å². The zero-order chi connectivity index (χ0) is 20.2. The Morgan fingerprint density at radius 1 is 1.26 bits per heavy atom. The van der Waals surface area contributed by atoms with Gasteiger partial charge in [-0.15, -0.1) is 0 Å². The Kier molecular flexibility index (Phi) is 6.82. The predicted molar refractivity (Wildman–Crippen MR) is 102 cm³/mol. The number of nitro benzene ring substituents is 1. The summed E-state index contributed by atoms with van der Waals surface area (Å²) >= 11 is 6.72. The highest BCUT2D eigenvalue weighted by molar-refractivity contribution is 9.11. The second-order valence-electron chi connectivity index (χ2n) is 5.10. The summed E-state index contributed by atoms with van der Waals surface area (Å²) in [4.78, 5) is 10.1. The molecular formula is C16H12Br2F3N3O3. The normalized spacial score (nSPS) is 11.6. The number of rotatable bonds is 6. The lowest BCUT2D eigenvalue weighted by molar-refractivity contribution is -0.384. The smallest absolute Gasteiger partial charge is 0.416 e. The van der Waals surface area contributed by atoms with Crippen LogP contribution in [0, 0.1) is 10.1 Å². The molecule has 6 nitrogen and oxygen atoms in total. The Morgan fingerprint density at radius 3 is 2.41 bits per heavy atom. The third-order valence-electron chi connectivity index (χ3n) is 3.23. The molecular weight excluding hydrogens is 499 g/mol. The summed E-state index contributed by atoms with van der Waals surface area (Å²) in [6.07, 6.45) is -3.31. The Hall–Kier alpha value is -2.14. The minimum atomic E-state index is -4.67. The number of anilines is 1. The van der Waals surface area contributed by atoms with Crippen molar-refractivity contribution in [2.24, 2.45) is 5.10 Å². The zero-order valence-corrected chi connectivity index (χ0v) is 16.9. The monoisotopic (exact) mass is 509 g/mol. The average Bonchev–Trinajstić information content (AvgIpc) is 2.57. The molecule has 0 aromatic heterocycles. The van der Waals surface area contributed by atoms with Gasteiger partial charge in [0, 0.05) is 6.07 Å². The molecule has 0 saturated heterocycles. The van der Waals surface area contributed by atoms with Crippen molar-refractivity contribution in [3.05, 3.63) is 60.5 Å². The third-order valence-corrected chi connectivity index (χ3v) is 4.41. The number of halogens is 5. The van der Waals surface area contributed by atoms with Gasteiger partial charge in [0.05, 0.1) is 32.3 Å². The fourth-order valence-corrected chi connectivity index (χ4v) is 3.52. The molecule has 11 heteroatoms. The average molecular weight is 511 g/mol. The van der Waals surface area contributed by atoms with Crippen molar-refractivity contribution in [3.8, 4) is 5.75 Å². The van der Waals surface area contributed by atoms with E-state index in [0.29, 0.717) is 32.9 Å². The summed E-state index contributed by atoms with van der Waals surface area (Å²) < 4.78 is 44.9. The van der Waals surface area contributed by atoms with Crippen molar-refractivity contribution in [1.29, 1.82) is 0 Å². The van der Waals surface area contributed by atoms with Crippen molar-refractivity contribution < 1.29 is 22.8 Å². The SMILES string of the molecule is CCOc1c(Br)cc(/C=N\Nc2ccc(C(F)(F)F)cc2[N+](=O)[O-])cc1Br. The first-order valence-electron chi connectivity index (χ1n) is 7.40. The number of ether oxygens (including phenoxy) is 1. The maximum atomic E-state index is 12.7. The summed E-state index contributed by atoms with van der Waals surface area (Å²) in [6.45, 7) is 2.32. The molecule has 1 N–H and O–H groups in total. The van der Waals surface area contributed by atoms with Crippen LogP contribution >= 0.6 is 31.9 Å². The molecule has 0 bridgehead atoms. The Morgan fingerprint density at radius 2 is 1.89 bits per heavy atom. The molecule has 0 unspecified atom stereocenters. The molecule has 144 valence electrons. The summed E-state index contributed by atoms with van der Waals surface area (Å²) in [5.41, 5.74) is 1.03. The first-order chi connectivity index (χ1) is 12.6. The van der Waals surface area contributed by atoms with E-state index < -0.39 is 22.4 Å². The maximum Gasteiger partial charge on any atom is 0.416 e. The van der Waals surface area contributed by atoms with Crippen LogP contribution in [0.2, 0.25) is 0 Å². The summed E-state index contributed by atoms with van der Waals surface area (Å²) in [7, 11) is 0. The van der Waals surface area contributed by atoms with E-state index in [9.17, 15) is 23.3 Å². The van der Waals surface area contributed by atoms with Gasteiger partial charge in [-0.2, -0.15) is 18.3 Å². The maximum absolute atomic E-state index is 12.7. The van der Waals surface area contributed by atoms with Gasteiger partial charge in [-0.1, -0.05) is 0 Å². The molecule has 0 aliphatic heterocycles. The van der Waals surface area contributed by atoms with Crippen LogP contribution < -0.4 is 10.2 Å². The highest BCUT2D eigenvalue weighted by atomic mass is 79.9. The van der Waals surface area contributed by atoms with Gasteiger partial charge in [0.1, 0.15) is 11.4 Å². The molecule has 0 aliphatic rings. The van der Waals surface area contributed by atoms with Crippen LogP contribution in [0.25, 0.3) is 0 Å². The lowest BCUT2D eigenvalue weighted by Gasteiger charge is -2.09. The summed E-state index contributed by atoms with van der Waals surface area (Å²) in [6, 6.07) is 5.59. The minimum absolute atomic E-state index is 0.159. The third kappa shape index (κ3) is 5.42. The molecule has 0 fully saturated rings. The highest BCUT2D eigenvalue weighted by Gasteiger charge is 2.33. The second-order valence-corrected chi connectivity index (χ2v) is 6.81. The molecule has 27 heavy (non-hydrogen) atoms. The molecule has 0 saturated carbocycles. The van der Waals surface area contributed by atoms with E-state index in [1.54, 1.807) is 12.1 Å². The largest absolute Gasteiger partial charge is 0.492 e. The number of hydrogen-bond acceptors (Lipinski definition) is 5. The molecule has 0 amide bonds. The number of nitrogens with one attached hydrogen (secondary N) is 1. The van der Waals surface area contributed by atoms with E-state index >= 15 is 0 Å². The van der Waals surface area contributed by atoms with Crippen molar-refractivity contribution in [2.75, 3.05) is 12.0 Å². The highest BCUT2D eigenvalue weighted by Crippen LogP contribution is 2.36. The molecule has 2 rings (SSSR count). The van der Waals surface area contributed by atoms with E-state index in [2.05, 4.69) is 42.4 Å². The Bertz CT molecular complexity index is 866. The van der Waals surface area contributed by atoms with Crippen LogP contribution in [-0.2, 0) is 6.18 Å². The van der Waals surface area contributed by atoms with E-state index in [4.69, 9.17) is 4.74 Å². The summed E-state index contributed by atoms with van der Waals surface area (Å²) in [5, 5.41) is 14.9. The Balaban J connectivity index is 2.25. The number of alkyl halides is 3. The van der Waals surface area contributed by atoms with Crippen molar-refractivity contribution in [3.63, 3.8) is 0 Å². The van der Waals surface area contributed by atoms with Crippen LogP contribution in [0.4, 0.5) is 24.5 Å². The first-order valence-corrected chi connectivity index (χ1v) is 8.98. The number of nitro groups is 1. The van der Waals surface area contributed by atoms with Crippen molar-refractivity contribution in [1.82, 2.24) is 0 Å². The van der Waals surface area contributed by atoms with Gasteiger partial charge in [0.15, 0.2) is 0 Å². The van der Waals surface area contributed by atoms with Crippen LogP contribution in [0.1, 0.15) is 18.1 Å². The number of hydrogen-bond donors (Lipinski definition) is 1. The quantitative estimate of drug-likeness (QED) is 0.294. The van der Waals surface area contributed by atoms with Crippen molar-refractivity contribution >= 4 is 49.4 Å². The molecule has 2 aromatic rings. The van der Waals surface area contributed by atoms with Gasteiger partial charge >= 0.3 is 6.18 Å². The molecule has 0 heterocycles. The zero-order valence-electron chi connectivity index (χ0n) is 13.7. The van der Waals surface area contributed by atoms with Crippen LogP contribution in [0.15, 0.2) is 44.4 Å². The topological polar surface area (TPSA) is 76.8 Å². The lowest BCUT2D eigenvalue weighted by atomic mass is 10.1. The standard InChI is InChI=1S/C16H12Br2F3N3O3/c1-2-27-15-11(17)5-9(6-12(15)18)8-22-23-13-4-3-10(16(19,20)21)7-14(13)24(25)26/h3-8,23H,2H2,1H3/b22-8-. The van der Waals surface area contributed by atoms with Gasteiger partial charge < -0.3 is 4.74 Å². The van der Waals surface area contributed by atoms with Gasteiger partial charge in [-0.05, 0) is 68.6 Å². The summed E-state index contributed by atoms with van der Waals surface area (Å²) in [5.74, 6) is 0.612. The van der Waals surface area contributed by atoms with E-state index in [-0.39, 0.29) is 5.69 Å². The van der Waals surface area contributed by atoms with Crippen LogP contribution in [0.3, 0.4) is 0 Å².